The largest absolute Gasteiger partial charge is 0.494 e. The standard InChI is InChI=1S/C17H20N2O4S/c1-3-23-15-8-4-6-13(10-15)12-19-17(20)14-7-5-9-16(11-14)24(21,22)18-2/h4-11,18H,3,12H2,1-2H3,(H,19,20). The number of carbonyl (C=O) groups is 1. The van der Waals surface area contributed by atoms with Crippen LogP contribution in [0.2, 0.25) is 0 Å². The Morgan fingerprint density at radius 2 is 1.88 bits per heavy atom. The molecule has 24 heavy (non-hydrogen) atoms. The van der Waals surface area contributed by atoms with Crippen LogP contribution < -0.4 is 14.8 Å². The first-order valence-electron chi connectivity index (χ1n) is 7.50. The number of ether oxygens (including phenoxy) is 1. The molecule has 0 radical (unpaired) electrons. The Morgan fingerprint density at radius 1 is 1.12 bits per heavy atom. The van der Waals surface area contributed by atoms with Crippen LogP contribution in [-0.2, 0) is 16.6 Å². The van der Waals surface area contributed by atoms with Crippen LogP contribution in [0.3, 0.4) is 0 Å². The van der Waals surface area contributed by atoms with Gasteiger partial charge in [-0.25, -0.2) is 13.1 Å². The van der Waals surface area contributed by atoms with Crippen molar-refractivity contribution in [1.82, 2.24) is 10.0 Å². The highest BCUT2D eigenvalue weighted by atomic mass is 32.2. The van der Waals surface area contributed by atoms with Crippen molar-refractivity contribution in [3.8, 4) is 5.75 Å². The lowest BCUT2D eigenvalue weighted by atomic mass is 10.2. The second-order valence-corrected chi connectivity index (χ2v) is 6.89. The zero-order valence-corrected chi connectivity index (χ0v) is 14.4. The number of hydrogen-bond donors (Lipinski definition) is 2. The van der Waals surface area contributed by atoms with Crippen molar-refractivity contribution >= 4 is 15.9 Å². The number of carbonyl (C=O) groups excluding carboxylic acids is 1. The first-order valence-corrected chi connectivity index (χ1v) is 8.98. The smallest absolute Gasteiger partial charge is 0.251 e. The van der Waals surface area contributed by atoms with Crippen LogP contribution in [-0.4, -0.2) is 28.0 Å². The molecule has 0 aliphatic carbocycles. The topological polar surface area (TPSA) is 84.5 Å². The average molecular weight is 348 g/mol. The van der Waals surface area contributed by atoms with Gasteiger partial charge in [0.25, 0.3) is 5.91 Å². The van der Waals surface area contributed by atoms with Gasteiger partial charge in [0, 0.05) is 12.1 Å². The molecule has 0 spiro atoms. The molecule has 0 aliphatic rings. The minimum absolute atomic E-state index is 0.0518. The summed E-state index contributed by atoms with van der Waals surface area (Å²) < 4.78 is 31.2. The predicted octanol–water partition coefficient (Wildman–Crippen LogP) is 1.92. The van der Waals surface area contributed by atoms with Crippen molar-refractivity contribution in [2.45, 2.75) is 18.4 Å². The molecule has 2 aromatic carbocycles. The van der Waals surface area contributed by atoms with Crippen molar-refractivity contribution in [3.05, 3.63) is 59.7 Å². The van der Waals surface area contributed by atoms with Gasteiger partial charge in [0.05, 0.1) is 11.5 Å². The average Bonchev–Trinajstić information content (AvgIpc) is 2.60. The molecule has 0 saturated heterocycles. The van der Waals surface area contributed by atoms with Crippen LogP contribution in [0.1, 0.15) is 22.8 Å². The summed E-state index contributed by atoms with van der Waals surface area (Å²) >= 11 is 0. The monoisotopic (exact) mass is 348 g/mol. The van der Waals surface area contributed by atoms with E-state index >= 15 is 0 Å². The lowest BCUT2D eigenvalue weighted by Crippen LogP contribution is -2.24. The second kappa shape index (κ2) is 7.94. The predicted molar refractivity (Wildman–Crippen MR) is 91.5 cm³/mol. The summed E-state index contributed by atoms with van der Waals surface area (Å²) in [5, 5.41) is 2.77. The Hall–Kier alpha value is -2.38. The number of sulfonamides is 1. The molecule has 0 aromatic heterocycles. The van der Waals surface area contributed by atoms with E-state index in [4.69, 9.17) is 4.74 Å². The number of nitrogens with one attached hydrogen (secondary N) is 2. The Labute approximate surface area is 141 Å². The van der Waals surface area contributed by atoms with Crippen molar-refractivity contribution in [2.24, 2.45) is 0 Å². The molecule has 0 fully saturated rings. The summed E-state index contributed by atoms with van der Waals surface area (Å²) in [5.74, 6) is 0.399. The first kappa shape index (κ1) is 18.0. The Balaban J connectivity index is 2.08. The number of benzene rings is 2. The lowest BCUT2D eigenvalue weighted by molar-refractivity contribution is 0.0950. The summed E-state index contributed by atoms with van der Waals surface area (Å²) in [6, 6.07) is 13.3. The normalized spacial score (nSPS) is 11.1. The van der Waals surface area contributed by atoms with Gasteiger partial charge >= 0.3 is 0 Å². The lowest BCUT2D eigenvalue weighted by Gasteiger charge is -2.09. The van der Waals surface area contributed by atoms with Crippen LogP contribution >= 0.6 is 0 Å². The molecule has 0 bridgehead atoms. The van der Waals surface area contributed by atoms with E-state index in [9.17, 15) is 13.2 Å². The van der Waals surface area contributed by atoms with Gasteiger partial charge < -0.3 is 10.1 Å². The molecule has 6 nitrogen and oxygen atoms in total. The molecular weight excluding hydrogens is 328 g/mol. The van der Waals surface area contributed by atoms with Gasteiger partial charge in [-0.15, -0.1) is 0 Å². The van der Waals surface area contributed by atoms with Gasteiger partial charge in [0.2, 0.25) is 10.0 Å². The van der Waals surface area contributed by atoms with Crippen molar-refractivity contribution < 1.29 is 17.9 Å². The van der Waals surface area contributed by atoms with E-state index < -0.39 is 10.0 Å². The molecule has 0 unspecified atom stereocenters. The van der Waals surface area contributed by atoms with Gasteiger partial charge in [-0.2, -0.15) is 0 Å². The van der Waals surface area contributed by atoms with E-state index in [-0.39, 0.29) is 16.4 Å². The van der Waals surface area contributed by atoms with Gasteiger partial charge in [-0.1, -0.05) is 18.2 Å². The molecule has 1 amide bonds. The number of hydrogen-bond acceptors (Lipinski definition) is 4. The maximum absolute atomic E-state index is 12.2. The zero-order valence-electron chi connectivity index (χ0n) is 13.6. The Morgan fingerprint density at radius 3 is 2.58 bits per heavy atom. The van der Waals surface area contributed by atoms with E-state index in [1.165, 1.54) is 25.2 Å². The quantitative estimate of drug-likeness (QED) is 0.801. The molecule has 0 saturated carbocycles. The van der Waals surface area contributed by atoms with Crippen LogP contribution in [0.15, 0.2) is 53.4 Å². The summed E-state index contributed by atoms with van der Waals surface area (Å²) in [4.78, 5) is 12.3. The third kappa shape index (κ3) is 4.56. The van der Waals surface area contributed by atoms with Crippen LogP contribution in [0.25, 0.3) is 0 Å². The van der Waals surface area contributed by atoms with Crippen molar-refractivity contribution in [3.63, 3.8) is 0 Å². The Bertz CT molecular complexity index is 819. The molecule has 2 N–H and O–H groups in total. The fraction of sp³-hybridized carbons (Fsp3) is 0.235. The third-order valence-corrected chi connectivity index (χ3v) is 4.75. The van der Waals surface area contributed by atoms with Gasteiger partial charge in [0.1, 0.15) is 5.75 Å². The van der Waals surface area contributed by atoms with Crippen LogP contribution in [0.4, 0.5) is 0 Å². The fourth-order valence-corrected chi connectivity index (χ4v) is 2.89. The van der Waals surface area contributed by atoms with E-state index in [2.05, 4.69) is 10.0 Å². The highest BCUT2D eigenvalue weighted by Crippen LogP contribution is 2.14. The summed E-state index contributed by atoms with van der Waals surface area (Å²) in [7, 11) is -2.25. The third-order valence-electron chi connectivity index (χ3n) is 3.34. The molecule has 128 valence electrons. The molecule has 2 aromatic rings. The summed E-state index contributed by atoms with van der Waals surface area (Å²) in [6.45, 7) is 2.80. The fourth-order valence-electron chi connectivity index (χ4n) is 2.12. The molecule has 7 heteroatoms. The highest BCUT2D eigenvalue weighted by Gasteiger charge is 2.14. The SMILES string of the molecule is CCOc1cccc(CNC(=O)c2cccc(S(=O)(=O)NC)c2)c1. The molecule has 2 rings (SSSR count). The number of amides is 1. The van der Waals surface area contributed by atoms with Crippen molar-refractivity contribution in [1.29, 1.82) is 0 Å². The van der Waals surface area contributed by atoms with Gasteiger partial charge in [-0.05, 0) is 49.9 Å². The Kier molecular flexibility index (Phi) is 5.94. The second-order valence-electron chi connectivity index (χ2n) is 5.00. The molecule has 0 heterocycles. The maximum atomic E-state index is 12.2. The van der Waals surface area contributed by atoms with Crippen LogP contribution in [0, 0.1) is 0 Å². The molecule has 0 atom stereocenters. The highest BCUT2D eigenvalue weighted by molar-refractivity contribution is 7.89. The molecular formula is C17H20N2O4S. The van der Waals surface area contributed by atoms with Gasteiger partial charge in [0.15, 0.2) is 0 Å². The van der Waals surface area contributed by atoms with E-state index in [0.29, 0.717) is 13.2 Å². The summed E-state index contributed by atoms with van der Waals surface area (Å²) in [5.41, 5.74) is 1.18. The first-order chi connectivity index (χ1) is 11.5. The zero-order chi connectivity index (χ0) is 17.6. The van der Waals surface area contributed by atoms with Crippen molar-refractivity contribution in [2.75, 3.05) is 13.7 Å². The van der Waals surface area contributed by atoms with E-state index in [1.54, 1.807) is 6.07 Å². The number of rotatable bonds is 7. The van der Waals surface area contributed by atoms with Crippen LogP contribution in [0.5, 0.6) is 5.75 Å². The molecule has 0 aliphatic heterocycles. The minimum Gasteiger partial charge on any atom is -0.494 e. The minimum atomic E-state index is -3.58. The maximum Gasteiger partial charge on any atom is 0.251 e. The van der Waals surface area contributed by atoms with E-state index in [1.807, 2.05) is 31.2 Å². The summed E-state index contributed by atoms with van der Waals surface area (Å²) in [6.07, 6.45) is 0. The van der Waals surface area contributed by atoms with Gasteiger partial charge in [-0.3, -0.25) is 4.79 Å². The van der Waals surface area contributed by atoms with E-state index in [0.717, 1.165) is 11.3 Å².